The van der Waals surface area contributed by atoms with Gasteiger partial charge in [-0.3, -0.25) is 9.52 Å². The van der Waals surface area contributed by atoms with E-state index in [0.29, 0.717) is 18.5 Å². The van der Waals surface area contributed by atoms with Crippen LogP contribution in [0.4, 0.5) is 10.5 Å². The van der Waals surface area contributed by atoms with E-state index in [-0.39, 0.29) is 12.5 Å². The second-order valence-electron chi connectivity index (χ2n) is 10.1. The molecule has 0 radical (unpaired) electrons. The number of benzene rings is 2. The highest BCUT2D eigenvalue weighted by molar-refractivity contribution is 7.73. The molecule has 3 rings (SSSR count). The van der Waals surface area contributed by atoms with Crippen LogP contribution in [-0.4, -0.2) is 37.5 Å². The molecule has 11 heteroatoms. The zero-order chi connectivity index (χ0) is 28.4. The van der Waals surface area contributed by atoms with Crippen molar-refractivity contribution in [1.29, 1.82) is 0 Å². The lowest BCUT2D eigenvalue weighted by Crippen LogP contribution is -2.43. The highest BCUT2D eigenvalue weighted by Gasteiger charge is 2.26. The van der Waals surface area contributed by atoms with Crippen LogP contribution in [0.5, 0.6) is 0 Å². The molecule has 2 amide bonds. The Morgan fingerprint density at radius 1 is 1.00 bits per heavy atom. The Hall–Kier alpha value is -3.44. The van der Waals surface area contributed by atoms with E-state index in [1.807, 2.05) is 54.8 Å². The minimum absolute atomic E-state index is 0.105. The van der Waals surface area contributed by atoms with E-state index in [1.54, 1.807) is 32.9 Å². The Morgan fingerprint density at radius 2 is 1.67 bits per heavy atom. The van der Waals surface area contributed by atoms with E-state index in [9.17, 15) is 18.0 Å². The predicted molar refractivity (Wildman–Crippen MR) is 154 cm³/mol. The number of rotatable bonds is 12. The number of aryl methyl sites for hydroxylation is 1. The summed E-state index contributed by atoms with van der Waals surface area (Å²) in [6.07, 6.45) is 1.09. The average molecular weight is 573 g/mol. The molecule has 9 nitrogen and oxygen atoms in total. The van der Waals surface area contributed by atoms with Gasteiger partial charge in [-0.2, -0.15) is 0 Å². The number of carbonyl (C=O) groups excluding carboxylic acids is 2. The van der Waals surface area contributed by atoms with Gasteiger partial charge >= 0.3 is 6.09 Å². The molecule has 2 atom stereocenters. The number of hydrogen-bond acceptors (Lipinski definition) is 7. The zero-order valence-corrected chi connectivity index (χ0v) is 24.3. The van der Waals surface area contributed by atoms with E-state index in [2.05, 4.69) is 15.4 Å². The molecule has 0 spiro atoms. The second-order valence-corrected chi connectivity index (χ2v) is 11.8. The highest BCUT2D eigenvalue weighted by atomic mass is 32.2. The van der Waals surface area contributed by atoms with E-state index >= 15 is 0 Å². The van der Waals surface area contributed by atoms with Crippen LogP contribution < -0.4 is 15.4 Å². The number of anilines is 1. The second kappa shape index (κ2) is 14.1. The highest BCUT2D eigenvalue weighted by Crippen LogP contribution is 2.24. The molecule has 3 N–H and O–H groups in total. The van der Waals surface area contributed by atoms with E-state index in [0.717, 1.165) is 28.2 Å². The first kappa shape index (κ1) is 30.1. The number of thiazole rings is 1. The van der Waals surface area contributed by atoms with Crippen LogP contribution in [0.15, 0.2) is 60.0 Å². The van der Waals surface area contributed by atoms with Gasteiger partial charge in [0.15, 0.2) is 0 Å². The first-order chi connectivity index (χ1) is 18.5. The van der Waals surface area contributed by atoms with Gasteiger partial charge in [-0.15, -0.1) is 11.3 Å². The molecule has 0 fully saturated rings. The van der Waals surface area contributed by atoms with E-state index in [1.165, 1.54) is 11.3 Å². The molecule has 0 bridgehead atoms. The summed E-state index contributed by atoms with van der Waals surface area (Å²) in [5.74, 6) is -0.761. The maximum absolute atomic E-state index is 13.7. The lowest BCUT2D eigenvalue weighted by atomic mass is 9.97. The monoisotopic (exact) mass is 572 g/mol. The van der Waals surface area contributed by atoms with Gasteiger partial charge in [0.1, 0.15) is 10.6 Å². The third-order valence-electron chi connectivity index (χ3n) is 5.75. The van der Waals surface area contributed by atoms with Crippen molar-refractivity contribution in [3.8, 4) is 0 Å². The summed E-state index contributed by atoms with van der Waals surface area (Å²) >= 11 is 1.49. The van der Waals surface area contributed by atoms with Gasteiger partial charge in [-0.1, -0.05) is 49.4 Å². The first-order valence-electron chi connectivity index (χ1n) is 12.8. The molecule has 39 heavy (non-hydrogen) atoms. The van der Waals surface area contributed by atoms with Crippen molar-refractivity contribution in [2.45, 2.75) is 58.6 Å². The largest absolute Gasteiger partial charge is 0.444 e. The summed E-state index contributed by atoms with van der Waals surface area (Å²) in [6, 6.07) is 16.2. The van der Waals surface area contributed by atoms with Crippen LogP contribution in [-0.2, 0) is 39.7 Å². The molecule has 0 aliphatic carbocycles. The molecule has 0 unspecified atom stereocenters. The summed E-state index contributed by atoms with van der Waals surface area (Å²) in [5, 5.41) is 8.67. The number of nitrogens with one attached hydrogen (secondary N) is 3. The number of amides is 2. The predicted octanol–water partition coefficient (Wildman–Crippen LogP) is 4.43. The summed E-state index contributed by atoms with van der Waals surface area (Å²) < 4.78 is 29.7. The van der Waals surface area contributed by atoms with Crippen molar-refractivity contribution in [2.24, 2.45) is 5.92 Å². The number of nitrogens with zero attached hydrogens (tertiary/aromatic N) is 1. The Labute approximate surface area is 235 Å². The topological polar surface area (TPSA) is 126 Å². The van der Waals surface area contributed by atoms with Crippen LogP contribution in [0.2, 0.25) is 0 Å². The molecule has 210 valence electrons. The Kier molecular flexibility index (Phi) is 10.9. The van der Waals surface area contributed by atoms with Gasteiger partial charge in [-0.25, -0.2) is 18.2 Å². The summed E-state index contributed by atoms with van der Waals surface area (Å²) in [5.41, 5.74) is 2.64. The number of carbonyl (C=O) groups is 2. The fraction of sp³-hybridized carbons (Fsp3) is 0.393. The van der Waals surface area contributed by atoms with Gasteiger partial charge in [0, 0.05) is 17.6 Å². The van der Waals surface area contributed by atoms with Crippen LogP contribution >= 0.6 is 11.3 Å². The number of thiol groups is 1. The average Bonchev–Trinajstić information content (AvgIpc) is 3.36. The van der Waals surface area contributed by atoms with Crippen molar-refractivity contribution in [3.63, 3.8) is 0 Å². The molecule has 0 aliphatic heterocycles. The van der Waals surface area contributed by atoms with E-state index < -0.39 is 34.5 Å². The Bertz CT molecular complexity index is 1290. The van der Waals surface area contributed by atoms with Crippen LogP contribution in [0.25, 0.3) is 0 Å². The molecular formula is C28H36N4O5S2. The standard InChI is InChI=1S/C28H36N4O5S2/c1-5-22-18-38-26(30-22)24(16-20-11-13-23(14-12-20)32-39(35)36)31-25(33)21(15-19-9-7-6-8-10-19)17-29-27(34)37-28(2,3)4/h6-14,18,21,24,39H,5,15-17H2,1-4H3,(H,29,34)(H,31,33)(H,32,35,36)/t21-,24-/m0/s1. The van der Waals surface area contributed by atoms with Crippen LogP contribution in [0, 0.1) is 5.92 Å². The molecule has 2 aromatic carbocycles. The first-order valence-corrected chi connectivity index (χ1v) is 14.8. The zero-order valence-electron chi connectivity index (χ0n) is 22.6. The molecule has 0 saturated carbocycles. The summed E-state index contributed by atoms with van der Waals surface area (Å²) in [4.78, 5) is 30.7. The SMILES string of the molecule is CCc1csc([C@H](Cc2ccc(N[SH](=O)=O)cc2)NC(=O)[C@H](CNC(=O)OC(C)(C)C)Cc2ccccc2)n1. The fourth-order valence-corrected chi connectivity index (χ4v) is 5.18. The fourth-order valence-electron chi connectivity index (χ4n) is 3.87. The third kappa shape index (κ3) is 10.3. The maximum Gasteiger partial charge on any atom is 0.407 e. The maximum atomic E-state index is 13.7. The van der Waals surface area contributed by atoms with Crippen molar-refractivity contribution < 1.29 is 22.7 Å². The van der Waals surface area contributed by atoms with Gasteiger partial charge in [0.25, 0.3) is 0 Å². The lowest BCUT2D eigenvalue weighted by molar-refractivity contribution is -0.125. The minimum atomic E-state index is -2.75. The Balaban J connectivity index is 1.80. The smallest absolute Gasteiger partial charge is 0.407 e. The molecule has 0 saturated heterocycles. The van der Waals surface area contributed by atoms with Crippen molar-refractivity contribution in [3.05, 3.63) is 81.8 Å². The van der Waals surface area contributed by atoms with Crippen molar-refractivity contribution in [1.82, 2.24) is 15.6 Å². The Morgan fingerprint density at radius 3 is 2.26 bits per heavy atom. The van der Waals surface area contributed by atoms with Crippen LogP contribution in [0.3, 0.4) is 0 Å². The molecule has 1 heterocycles. The molecule has 1 aromatic heterocycles. The van der Waals surface area contributed by atoms with Gasteiger partial charge in [-0.05, 0) is 63.3 Å². The third-order valence-corrected chi connectivity index (χ3v) is 7.20. The van der Waals surface area contributed by atoms with Crippen LogP contribution in [0.1, 0.15) is 55.6 Å². The number of alkyl carbamates (subject to hydrolysis) is 1. The minimum Gasteiger partial charge on any atom is -0.444 e. The van der Waals surface area contributed by atoms with Crippen molar-refractivity contribution >= 4 is 39.9 Å². The molecular weight excluding hydrogens is 536 g/mol. The van der Waals surface area contributed by atoms with Gasteiger partial charge in [0.2, 0.25) is 16.8 Å². The van der Waals surface area contributed by atoms with Gasteiger partial charge in [0.05, 0.1) is 17.7 Å². The molecule has 3 aromatic rings. The van der Waals surface area contributed by atoms with E-state index in [4.69, 9.17) is 9.72 Å². The molecule has 0 aliphatic rings. The normalized spacial score (nSPS) is 12.9. The summed E-state index contributed by atoms with van der Waals surface area (Å²) in [6.45, 7) is 7.48. The summed E-state index contributed by atoms with van der Waals surface area (Å²) in [7, 11) is -2.75. The number of hydrogen-bond donors (Lipinski definition) is 4. The quantitative estimate of drug-likeness (QED) is 0.238. The lowest BCUT2D eigenvalue weighted by Gasteiger charge is -2.24. The van der Waals surface area contributed by atoms with Crippen molar-refractivity contribution in [2.75, 3.05) is 11.3 Å². The number of aromatic nitrogens is 1. The van der Waals surface area contributed by atoms with Gasteiger partial charge < -0.3 is 15.4 Å². The number of ether oxygens (including phenoxy) is 1.